The van der Waals surface area contributed by atoms with Crippen LogP contribution in [0.5, 0.6) is 5.75 Å². The van der Waals surface area contributed by atoms with E-state index in [4.69, 9.17) is 4.74 Å². The number of hydrogen-bond acceptors (Lipinski definition) is 6. The summed E-state index contributed by atoms with van der Waals surface area (Å²) >= 11 is 0. The minimum absolute atomic E-state index is 0.194. The molecule has 1 fully saturated rings. The Morgan fingerprint density at radius 2 is 2.06 bits per heavy atom. The van der Waals surface area contributed by atoms with Crippen LogP contribution in [0.4, 0.5) is 5.82 Å². The molecule has 8 nitrogen and oxygen atoms in total. The van der Waals surface area contributed by atoms with Crippen molar-refractivity contribution in [3.63, 3.8) is 0 Å². The van der Waals surface area contributed by atoms with Gasteiger partial charge in [0.05, 0.1) is 12.2 Å². The van der Waals surface area contributed by atoms with Crippen LogP contribution in [0.15, 0.2) is 36.5 Å². The summed E-state index contributed by atoms with van der Waals surface area (Å²) in [7, 11) is 0. The Morgan fingerprint density at radius 3 is 2.79 bits per heavy atom. The zero-order valence-electron chi connectivity index (χ0n) is 20.1. The second kappa shape index (κ2) is 10.3. The maximum Gasteiger partial charge on any atom is 0.294 e. The summed E-state index contributed by atoms with van der Waals surface area (Å²) in [6.07, 6.45) is 7.64. The van der Waals surface area contributed by atoms with Crippen LogP contribution < -0.4 is 10.1 Å². The molecule has 1 amide bonds. The number of aryl methyl sites for hydroxylation is 1. The van der Waals surface area contributed by atoms with Gasteiger partial charge in [0.1, 0.15) is 17.4 Å². The average Bonchev–Trinajstić information content (AvgIpc) is 3.23. The first-order valence-corrected chi connectivity index (χ1v) is 11.9. The third kappa shape index (κ3) is 6.41. The van der Waals surface area contributed by atoms with Gasteiger partial charge in [0.15, 0.2) is 0 Å². The first kappa shape index (κ1) is 23.9. The molecule has 1 aliphatic carbocycles. The lowest BCUT2D eigenvalue weighted by Crippen LogP contribution is -2.19. The van der Waals surface area contributed by atoms with Gasteiger partial charge in [-0.1, -0.05) is 25.3 Å². The number of rotatable bonds is 10. The number of benzene rings is 1. The first-order chi connectivity index (χ1) is 16.3. The normalized spacial score (nSPS) is 14.0. The maximum atomic E-state index is 12.7. The summed E-state index contributed by atoms with van der Waals surface area (Å²) in [4.78, 5) is 20.0. The highest BCUT2D eigenvalue weighted by molar-refractivity contribution is 6.01. The molecular weight excluding hydrogens is 430 g/mol. The van der Waals surface area contributed by atoms with Gasteiger partial charge in [-0.3, -0.25) is 4.79 Å². The molecule has 0 unspecified atom stereocenters. The summed E-state index contributed by atoms with van der Waals surface area (Å²) in [5.74, 6) is 2.43. The lowest BCUT2D eigenvalue weighted by Gasteiger charge is -2.23. The fourth-order valence-corrected chi connectivity index (χ4v) is 4.00. The molecule has 1 saturated carbocycles. The second-order valence-electron chi connectivity index (χ2n) is 9.75. The van der Waals surface area contributed by atoms with E-state index in [2.05, 4.69) is 25.5 Å². The molecule has 2 aromatic heterocycles. The van der Waals surface area contributed by atoms with Crippen molar-refractivity contribution in [3.8, 4) is 16.9 Å². The molecule has 1 aliphatic rings. The van der Waals surface area contributed by atoms with Crippen molar-refractivity contribution in [2.75, 3.05) is 11.9 Å². The zero-order chi connectivity index (χ0) is 24.1. The molecule has 8 heteroatoms. The van der Waals surface area contributed by atoms with Gasteiger partial charge in [-0.15, -0.1) is 10.2 Å². The van der Waals surface area contributed by atoms with Crippen molar-refractivity contribution < 1.29 is 14.6 Å². The maximum absolute atomic E-state index is 12.7. The van der Waals surface area contributed by atoms with Crippen molar-refractivity contribution in [1.82, 2.24) is 20.2 Å². The second-order valence-corrected chi connectivity index (χ2v) is 9.75. The smallest absolute Gasteiger partial charge is 0.294 e. The lowest BCUT2D eigenvalue weighted by molar-refractivity contribution is 0.0641. The number of aromatic amines is 1. The molecule has 3 aromatic rings. The zero-order valence-corrected chi connectivity index (χ0v) is 20.1. The SMILES string of the molecule is Cc1ccc(OCCCC(C)(C)O)cc1-c1ccnc(NC(=O)c2nnc(CC3CCC3)[nH]2)c1. The first-order valence-electron chi connectivity index (χ1n) is 11.9. The minimum atomic E-state index is -0.691. The van der Waals surface area contributed by atoms with Crippen LogP contribution in [0, 0.1) is 12.8 Å². The van der Waals surface area contributed by atoms with E-state index < -0.39 is 5.60 Å². The number of aliphatic hydroxyl groups is 1. The number of nitrogens with zero attached hydrogens (tertiary/aromatic N) is 3. The van der Waals surface area contributed by atoms with Crippen LogP contribution in [0.2, 0.25) is 0 Å². The molecular formula is C26H33N5O3. The van der Waals surface area contributed by atoms with Gasteiger partial charge in [-0.05, 0) is 80.5 Å². The van der Waals surface area contributed by atoms with Crippen LogP contribution in [0.1, 0.15) is 68.0 Å². The van der Waals surface area contributed by atoms with Gasteiger partial charge in [0.25, 0.3) is 5.91 Å². The number of nitrogens with one attached hydrogen (secondary N) is 2. The monoisotopic (exact) mass is 463 g/mol. The predicted molar refractivity (Wildman–Crippen MR) is 131 cm³/mol. The van der Waals surface area contributed by atoms with Crippen LogP contribution in [0.3, 0.4) is 0 Å². The van der Waals surface area contributed by atoms with E-state index in [0.717, 1.165) is 41.1 Å². The topological polar surface area (TPSA) is 113 Å². The molecule has 0 spiro atoms. The number of aromatic nitrogens is 4. The Hall–Kier alpha value is -3.26. The van der Waals surface area contributed by atoms with Gasteiger partial charge in [0.2, 0.25) is 5.82 Å². The summed E-state index contributed by atoms with van der Waals surface area (Å²) in [5.41, 5.74) is 2.32. The Labute approximate surface area is 200 Å². The van der Waals surface area contributed by atoms with Crippen LogP contribution in [-0.2, 0) is 6.42 Å². The molecule has 0 atom stereocenters. The average molecular weight is 464 g/mol. The van der Waals surface area contributed by atoms with Gasteiger partial charge < -0.3 is 20.1 Å². The minimum Gasteiger partial charge on any atom is -0.494 e. The highest BCUT2D eigenvalue weighted by Gasteiger charge is 2.21. The largest absolute Gasteiger partial charge is 0.494 e. The van der Waals surface area contributed by atoms with E-state index in [0.29, 0.717) is 24.8 Å². The fourth-order valence-electron chi connectivity index (χ4n) is 4.00. The Bertz CT molecular complexity index is 1130. The van der Waals surface area contributed by atoms with Crippen molar-refractivity contribution in [2.24, 2.45) is 5.92 Å². The van der Waals surface area contributed by atoms with Crippen LogP contribution in [0.25, 0.3) is 11.1 Å². The van der Waals surface area contributed by atoms with Crippen LogP contribution in [-0.4, -0.2) is 43.4 Å². The van der Waals surface area contributed by atoms with Crippen molar-refractivity contribution >= 4 is 11.7 Å². The van der Waals surface area contributed by atoms with Crippen molar-refractivity contribution in [3.05, 3.63) is 53.7 Å². The standard InChI is InChI=1S/C26H33N5O3/c1-17-8-9-20(34-13-5-11-26(2,3)33)16-21(17)19-10-12-27-22(15-19)29-25(32)24-28-23(30-31-24)14-18-6-4-7-18/h8-10,12,15-16,18,33H,4-7,11,13-14H2,1-3H3,(H,27,29,32)(H,28,30,31). The molecule has 1 aromatic carbocycles. The molecule has 0 bridgehead atoms. The molecule has 0 saturated heterocycles. The number of H-pyrrole nitrogens is 1. The highest BCUT2D eigenvalue weighted by atomic mass is 16.5. The summed E-state index contributed by atoms with van der Waals surface area (Å²) in [6, 6.07) is 9.68. The van der Waals surface area contributed by atoms with Crippen LogP contribution >= 0.6 is 0 Å². The Morgan fingerprint density at radius 1 is 1.24 bits per heavy atom. The number of pyridine rings is 1. The molecule has 3 N–H and O–H groups in total. The number of carbonyl (C=O) groups is 1. The number of anilines is 1. The van der Waals surface area contributed by atoms with E-state index in [1.165, 1.54) is 19.3 Å². The van der Waals surface area contributed by atoms with Crippen molar-refractivity contribution in [1.29, 1.82) is 0 Å². The summed E-state index contributed by atoms with van der Waals surface area (Å²) in [5, 5.41) is 20.8. The Kier molecular flexibility index (Phi) is 7.26. The third-order valence-corrected chi connectivity index (χ3v) is 6.18. The quantitative estimate of drug-likeness (QED) is 0.376. The molecule has 2 heterocycles. The van der Waals surface area contributed by atoms with Gasteiger partial charge in [0, 0.05) is 12.6 Å². The Balaban J connectivity index is 1.41. The van der Waals surface area contributed by atoms with Crippen molar-refractivity contribution in [2.45, 2.75) is 64.9 Å². The number of carbonyl (C=O) groups excluding carboxylic acids is 1. The van der Waals surface area contributed by atoms with E-state index in [1.54, 1.807) is 20.0 Å². The van der Waals surface area contributed by atoms with Gasteiger partial charge in [-0.2, -0.15) is 0 Å². The highest BCUT2D eigenvalue weighted by Crippen LogP contribution is 2.30. The number of amides is 1. The van der Waals surface area contributed by atoms with E-state index >= 15 is 0 Å². The summed E-state index contributed by atoms with van der Waals surface area (Å²) in [6.45, 7) is 6.16. The lowest BCUT2D eigenvalue weighted by atomic mass is 9.83. The molecule has 180 valence electrons. The molecule has 0 radical (unpaired) electrons. The van der Waals surface area contributed by atoms with E-state index in [-0.39, 0.29) is 11.7 Å². The predicted octanol–water partition coefficient (Wildman–Crippen LogP) is 4.70. The van der Waals surface area contributed by atoms with E-state index in [9.17, 15) is 9.90 Å². The number of ether oxygens (including phenoxy) is 1. The molecule has 0 aliphatic heterocycles. The molecule has 4 rings (SSSR count). The fraction of sp³-hybridized carbons (Fsp3) is 0.462. The summed E-state index contributed by atoms with van der Waals surface area (Å²) < 4.78 is 5.90. The van der Waals surface area contributed by atoms with Gasteiger partial charge >= 0.3 is 0 Å². The van der Waals surface area contributed by atoms with Gasteiger partial charge in [-0.25, -0.2) is 4.98 Å². The molecule has 34 heavy (non-hydrogen) atoms. The number of hydrogen-bond donors (Lipinski definition) is 3. The third-order valence-electron chi connectivity index (χ3n) is 6.18. The van der Waals surface area contributed by atoms with E-state index in [1.807, 2.05) is 37.3 Å².